The van der Waals surface area contributed by atoms with Crippen LogP contribution in [0.4, 0.5) is 0 Å². The molecule has 1 fully saturated rings. The third-order valence-electron chi connectivity index (χ3n) is 3.97. The molecule has 0 saturated carbocycles. The van der Waals surface area contributed by atoms with Crippen LogP contribution in [0.5, 0.6) is 5.75 Å². The van der Waals surface area contributed by atoms with Crippen molar-refractivity contribution in [2.45, 2.75) is 35.9 Å². The fourth-order valence-electron chi connectivity index (χ4n) is 2.83. The number of rotatable bonds is 3. The summed E-state index contributed by atoms with van der Waals surface area (Å²) in [6.45, 7) is 1.78. The van der Waals surface area contributed by atoms with Gasteiger partial charge in [-0.15, -0.1) is 0 Å². The Morgan fingerprint density at radius 3 is 2.45 bits per heavy atom. The van der Waals surface area contributed by atoms with Crippen LogP contribution in [0.25, 0.3) is 10.8 Å². The number of carbonyl (C=O) groups excluding carboxylic acids is 1. The van der Waals surface area contributed by atoms with Crippen molar-refractivity contribution in [3.05, 3.63) is 36.4 Å². The van der Waals surface area contributed by atoms with Crippen LogP contribution >= 0.6 is 15.9 Å². The molecule has 0 radical (unpaired) electrons. The molecule has 1 saturated heterocycles. The molecule has 0 aliphatic carbocycles. The monoisotopic (exact) mass is 379 g/mol. The molecule has 0 aromatic heterocycles. The fraction of sp³-hybridized carbons (Fsp3) is 0.389. The zero-order valence-corrected chi connectivity index (χ0v) is 15.1. The number of esters is 1. The van der Waals surface area contributed by atoms with Gasteiger partial charge in [0.2, 0.25) is 0 Å². The molecule has 2 aromatic carbocycles. The van der Waals surface area contributed by atoms with Crippen LogP contribution in [-0.2, 0) is 15.7 Å². The van der Waals surface area contributed by atoms with Crippen LogP contribution < -0.4 is 4.74 Å². The Morgan fingerprint density at radius 2 is 1.77 bits per heavy atom. The van der Waals surface area contributed by atoms with Crippen molar-refractivity contribution in [3.63, 3.8) is 0 Å². The van der Waals surface area contributed by atoms with Gasteiger partial charge in [0.05, 0.1) is 0 Å². The number of hydrogen-bond acceptors (Lipinski definition) is 2. The van der Waals surface area contributed by atoms with Crippen molar-refractivity contribution < 1.29 is 9.53 Å². The van der Waals surface area contributed by atoms with E-state index in [0.29, 0.717) is 16.6 Å². The Hall–Kier alpha value is -1.00. The topological polar surface area (TPSA) is 26.3 Å². The maximum atomic E-state index is 11.9. The molecule has 0 N–H and O–H groups in total. The third-order valence-corrected chi connectivity index (χ3v) is 6.89. The Balaban J connectivity index is 2.01. The number of fused-ring (bicyclic) bond motifs is 1. The van der Waals surface area contributed by atoms with Gasteiger partial charge in [-0.1, -0.05) is 34.1 Å². The third kappa shape index (κ3) is 3.33. The Kier molecular flexibility index (Phi) is 5.09. The highest BCUT2D eigenvalue weighted by molar-refractivity contribution is 9.10. The molecule has 0 bridgehead atoms. The summed E-state index contributed by atoms with van der Waals surface area (Å²) in [5, 5.41) is 2.28. The lowest BCUT2D eigenvalue weighted by Gasteiger charge is -2.16. The zero-order chi connectivity index (χ0) is 15.5. The number of ether oxygens (including phenoxy) is 1. The van der Waals surface area contributed by atoms with Crippen LogP contribution in [0.1, 0.15) is 26.2 Å². The van der Waals surface area contributed by atoms with Crippen molar-refractivity contribution >= 4 is 43.6 Å². The van der Waals surface area contributed by atoms with E-state index in [9.17, 15) is 4.79 Å². The number of hydrogen-bond donors (Lipinski definition) is 0. The van der Waals surface area contributed by atoms with Gasteiger partial charge in [0.1, 0.15) is 22.1 Å². The molecule has 1 aliphatic heterocycles. The smallest absolute Gasteiger partial charge is 0.324 e. The van der Waals surface area contributed by atoms with E-state index in [0.717, 1.165) is 5.39 Å². The first-order chi connectivity index (χ1) is 10.7. The average Bonchev–Trinajstić information content (AvgIpc) is 2.56. The van der Waals surface area contributed by atoms with E-state index in [1.54, 1.807) is 6.92 Å². The van der Waals surface area contributed by atoms with E-state index in [-0.39, 0.29) is 10.8 Å². The van der Waals surface area contributed by atoms with E-state index in [2.05, 4.69) is 34.1 Å². The minimum absolute atomic E-state index is 0.252. The largest absolute Gasteiger partial charge is 0.425 e. The summed E-state index contributed by atoms with van der Waals surface area (Å²) in [6, 6.07) is 12.4. The van der Waals surface area contributed by atoms with Gasteiger partial charge in [0, 0.05) is 21.7 Å². The van der Waals surface area contributed by atoms with E-state index < -0.39 is 0 Å². The molecule has 4 heteroatoms. The Bertz CT molecular complexity index is 678. The second kappa shape index (κ2) is 7.05. The molecule has 3 rings (SSSR count). The molecule has 0 amide bonds. The molecule has 1 heterocycles. The zero-order valence-electron chi connectivity index (χ0n) is 12.7. The minimum atomic E-state index is -0.300. The van der Waals surface area contributed by atoms with Crippen molar-refractivity contribution in [1.29, 1.82) is 0 Å². The van der Waals surface area contributed by atoms with Gasteiger partial charge >= 0.3 is 5.97 Å². The second-order valence-corrected chi connectivity index (χ2v) is 9.22. The van der Waals surface area contributed by atoms with Crippen molar-refractivity contribution in [2.24, 2.45) is 0 Å². The lowest BCUT2D eigenvalue weighted by molar-refractivity contribution is -0.133. The summed E-state index contributed by atoms with van der Waals surface area (Å²) in [6.07, 6.45) is 4.02. The SMILES string of the molecule is CC(Br)C(=O)Oc1ccc([S+]2CCCCC2)c2ccccc12. The standard InChI is InChI=1S/C18H20BrO2S/c1-13(19)18(20)21-16-9-10-17(22-11-5-2-6-12-22)15-8-4-3-7-14(15)16/h3-4,7-10,13H,2,5-6,11-12H2,1H3/q+1. The molecule has 2 nitrogen and oxygen atoms in total. The molecule has 116 valence electrons. The minimum Gasteiger partial charge on any atom is -0.425 e. The molecular weight excluding hydrogens is 360 g/mol. The van der Waals surface area contributed by atoms with Gasteiger partial charge in [-0.05, 0) is 44.4 Å². The first kappa shape index (κ1) is 15.9. The summed E-state index contributed by atoms with van der Waals surface area (Å²) in [5.74, 6) is 3.00. The van der Waals surface area contributed by atoms with Crippen LogP contribution in [0.2, 0.25) is 0 Å². The fourth-order valence-corrected chi connectivity index (χ4v) is 5.42. The van der Waals surface area contributed by atoms with Gasteiger partial charge in [-0.2, -0.15) is 0 Å². The number of benzene rings is 2. The predicted molar refractivity (Wildman–Crippen MR) is 97.2 cm³/mol. The van der Waals surface area contributed by atoms with Crippen molar-refractivity contribution in [2.75, 3.05) is 11.5 Å². The van der Waals surface area contributed by atoms with Crippen LogP contribution in [0.3, 0.4) is 0 Å². The highest BCUT2D eigenvalue weighted by Gasteiger charge is 2.27. The average molecular weight is 380 g/mol. The maximum Gasteiger partial charge on any atom is 0.324 e. The summed E-state index contributed by atoms with van der Waals surface area (Å²) in [4.78, 5) is 13.0. The van der Waals surface area contributed by atoms with Gasteiger partial charge < -0.3 is 4.74 Å². The Labute approximate surface area is 142 Å². The quantitative estimate of drug-likeness (QED) is 0.334. The molecule has 0 spiro atoms. The lowest BCUT2D eigenvalue weighted by Crippen LogP contribution is -2.19. The lowest BCUT2D eigenvalue weighted by atomic mass is 10.1. The first-order valence-electron chi connectivity index (χ1n) is 7.72. The van der Waals surface area contributed by atoms with Gasteiger partial charge in [-0.25, -0.2) is 0 Å². The summed E-state index contributed by atoms with van der Waals surface area (Å²) in [5.41, 5.74) is 0. The molecular formula is C18H20BrO2S+. The number of halogens is 1. The molecule has 1 aliphatic rings. The van der Waals surface area contributed by atoms with Gasteiger partial charge in [0.25, 0.3) is 0 Å². The number of carbonyl (C=O) groups is 1. The molecule has 1 unspecified atom stereocenters. The molecule has 22 heavy (non-hydrogen) atoms. The predicted octanol–water partition coefficient (Wildman–Crippen LogP) is 4.69. The highest BCUT2D eigenvalue weighted by Crippen LogP contribution is 2.34. The second-order valence-electron chi connectivity index (χ2n) is 5.61. The summed E-state index contributed by atoms with van der Waals surface area (Å²) in [7, 11) is 0.338. The maximum absolute atomic E-state index is 11.9. The van der Waals surface area contributed by atoms with E-state index in [4.69, 9.17) is 4.74 Å². The van der Waals surface area contributed by atoms with Crippen molar-refractivity contribution in [3.8, 4) is 5.75 Å². The normalized spacial score (nSPS) is 17.4. The molecule has 1 atom stereocenters. The van der Waals surface area contributed by atoms with Crippen LogP contribution in [-0.4, -0.2) is 22.3 Å². The van der Waals surface area contributed by atoms with Crippen molar-refractivity contribution in [1.82, 2.24) is 0 Å². The van der Waals surface area contributed by atoms with Gasteiger partial charge in [0.15, 0.2) is 4.90 Å². The van der Waals surface area contributed by atoms with Gasteiger partial charge in [-0.3, -0.25) is 4.79 Å². The van der Waals surface area contributed by atoms with E-state index >= 15 is 0 Å². The van der Waals surface area contributed by atoms with Crippen LogP contribution in [0.15, 0.2) is 41.3 Å². The number of alkyl halides is 1. The summed E-state index contributed by atoms with van der Waals surface area (Å²) < 4.78 is 5.55. The first-order valence-corrected chi connectivity index (χ1v) is 10.2. The Morgan fingerprint density at radius 1 is 1.09 bits per heavy atom. The molecule has 2 aromatic rings. The highest BCUT2D eigenvalue weighted by atomic mass is 79.9. The van der Waals surface area contributed by atoms with E-state index in [1.807, 2.05) is 18.2 Å². The van der Waals surface area contributed by atoms with Crippen LogP contribution in [0, 0.1) is 0 Å². The van der Waals surface area contributed by atoms with E-state index in [1.165, 1.54) is 41.0 Å². The summed E-state index contributed by atoms with van der Waals surface area (Å²) >= 11 is 3.27.